The molecule has 23 heavy (non-hydrogen) atoms. The number of rotatable bonds is 1. The largest absolute Gasteiger partial charge is 0.454 e. The summed E-state index contributed by atoms with van der Waals surface area (Å²) in [6, 6.07) is 16.9. The van der Waals surface area contributed by atoms with Gasteiger partial charge in [-0.2, -0.15) is 0 Å². The van der Waals surface area contributed by atoms with E-state index in [0.29, 0.717) is 0 Å². The quantitative estimate of drug-likeness (QED) is 0.462. The van der Waals surface area contributed by atoms with Gasteiger partial charge in [0.15, 0.2) is 5.58 Å². The summed E-state index contributed by atoms with van der Waals surface area (Å²) in [4.78, 5) is 4.58. The first-order chi connectivity index (χ1) is 11.4. The molecule has 5 rings (SSSR count). The van der Waals surface area contributed by atoms with Gasteiger partial charge in [0.2, 0.25) is 0 Å². The Morgan fingerprint density at radius 1 is 0.826 bits per heavy atom. The average molecular weight is 299 g/mol. The van der Waals surface area contributed by atoms with Crippen molar-refractivity contribution in [3.8, 4) is 11.3 Å². The molecule has 0 fully saturated rings. The summed E-state index contributed by atoms with van der Waals surface area (Å²) in [5, 5.41) is 2.39. The summed E-state index contributed by atoms with van der Waals surface area (Å²) in [6.07, 6.45) is 6.83. The summed E-state index contributed by atoms with van der Waals surface area (Å²) >= 11 is 0. The van der Waals surface area contributed by atoms with E-state index in [-0.39, 0.29) is 0 Å². The molecule has 1 aliphatic rings. The van der Waals surface area contributed by atoms with Gasteiger partial charge in [-0.1, -0.05) is 30.3 Å². The second-order valence-corrected chi connectivity index (χ2v) is 6.33. The molecule has 0 N–H and O–H groups in total. The van der Waals surface area contributed by atoms with E-state index in [4.69, 9.17) is 4.42 Å². The molecule has 2 nitrogen and oxygen atoms in total. The molecule has 0 unspecified atom stereocenters. The van der Waals surface area contributed by atoms with Gasteiger partial charge >= 0.3 is 0 Å². The maximum absolute atomic E-state index is 6.24. The van der Waals surface area contributed by atoms with Crippen LogP contribution in [0.2, 0.25) is 0 Å². The van der Waals surface area contributed by atoms with E-state index < -0.39 is 0 Å². The molecule has 112 valence electrons. The van der Waals surface area contributed by atoms with Crippen LogP contribution in [0.5, 0.6) is 0 Å². The first-order valence-corrected chi connectivity index (χ1v) is 8.28. The van der Waals surface area contributed by atoms with E-state index in [1.54, 1.807) is 0 Å². The highest BCUT2D eigenvalue weighted by Gasteiger charge is 2.17. The van der Waals surface area contributed by atoms with E-state index in [2.05, 4.69) is 35.3 Å². The van der Waals surface area contributed by atoms with Gasteiger partial charge in [-0.05, 0) is 55.0 Å². The third kappa shape index (κ3) is 1.98. The molecular formula is C21H17NO. The predicted molar refractivity (Wildman–Crippen MR) is 93.6 cm³/mol. The zero-order valence-electron chi connectivity index (χ0n) is 12.9. The maximum Gasteiger partial charge on any atom is 0.161 e. The molecule has 2 aromatic carbocycles. The lowest BCUT2D eigenvalue weighted by Crippen LogP contribution is -2.01. The number of furan rings is 1. The minimum absolute atomic E-state index is 0.899. The number of hydrogen-bond donors (Lipinski definition) is 0. The molecule has 0 atom stereocenters. The molecule has 0 radical (unpaired) electrons. The molecule has 2 aromatic heterocycles. The highest BCUT2D eigenvalue weighted by atomic mass is 16.3. The van der Waals surface area contributed by atoms with Gasteiger partial charge in [0.05, 0.1) is 0 Å². The third-order valence-electron chi connectivity index (χ3n) is 4.90. The van der Waals surface area contributed by atoms with Gasteiger partial charge in [0, 0.05) is 22.5 Å². The van der Waals surface area contributed by atoms with Crippen LogP contribution in [0.4, 0.5) is 0 Å². The van der Waals surface area contributed by atoms with E-state index in [1.807, 2.05) is 24.4 Å². The number of pyridine rings is 1. The molecule has 4 aromatic rings. The van der Waals surface area contributed by atoms with Gasteiger partial charge in [-0.3, -0.25) is 4.98 Å². The number of hydrogen-bond acceptors (Lipinski definition) is 2. The Morgan fingerprint density at radius 3 is 2.43 bits per heavy atom. The van der Waals surface area contributed by atoms with Crippen LogP contribution in [-0.2, 0) is 12.8 Å². The van der Waals surface area contributed by atoms with Crippen molar-refractivity contribution in [1.82, 2.24) is 4.98 Å². The van der Waals surface area contributed by atoms with Crippen molar-refractivity contribution in [2.24, 2.45) is 0 Å². The Bertz CT molecular complexity index is 1010. The van der Waals surface area contributed by atoms with Crippen molar-refractivity contribution in [1.29, 1.82) is 0 Å². The number of fused-ring (bicyclic) bond motifs is 4. The van der Waals surface area contributed by atoms with Crippen molar-refractivity contribution in [3.05, 3.63) is 65.9 Å². The highest BCUT2D eigenvalue weighted by Crippen LogP contribution is 2.36. The van der Waals surface area contributed by atoms with Crippen LogP contribution < -0.4 is 0 Å². The van der Waals surface area contributed by atoms with Crippen molar-refractivity contribution in [2.75, 3.05) is 0 Å². The molecule has 0 bridgehead atoms. The number of nitrogens with zero attached hydrogens (tertiary/aromatic N) is 1. The standard InChI is InChI=1S/C21H17NO/c1-2-6-14(7-3-1)20-21-17(10-11-22-20)18-12-15-8-4-5-9-16(15)13-19(18)23-21/h1-3,6-7,10-13H,4-5,8-9H2. The molecule has 0 saturated heterocycles. The van der Waals surface area contributed by atoms with Crippen molar-refractivity contribution >= 4 is 21.9 Å². The normalized spacial score (nSPS) is 14.3. The number of aromatic nitrogens is 1. The van der Waals surface area contributed by atoms with Crippen molar-refractivity contribution in [3.63, 3.8) is 0 Å². The summed E-state index contributed by atoms with van der Waals surface area (Å²) < 4.78 is 6.24. The lowest BCUT2D eigenvalue weighted by Gasteiger charge is -2.14. The first-order valence-electron chi connectivity index (χ1n) is 8.28. The number of benzene rings is 2. The molecule has 2 heteroatoms. The first kappa shape index (κ1) is 12.9. The maximum atomic E-state index is 6.24. The molecule has 0 saturated carbocycles. The minimum Gasteiger partial charge on any atom is -0.454 e. The lowest BCUT2D eigenvalue weighted by atomic mass is 9.90. The zero-order chi connectivity index (χ0) is 15.2. The van der Waals surface area contributed by atoms with Crippen LogP contribution in [0.25, 0.3) is 33.2 Å². The van der Waals surface area contributed by atoms with Gasteiger partial charge in [-0.15, -0.1) is 0 Å². The summed E-state index contributed by atoms with van der Waals surface area (Å²) in [5.74, 6) is 0. The van der Waals surface area contributed by atoms with E-state index >= 15 is 0 Å². The molecule has 2 heterocycles. The van der Waals surface area contributed by atoms with E-state index in [9.17, 15) is 0 Å². The zero-order valence-corrected chi connectivity index (χ0v) is 12.9. The molecule has 0 aliphatic heterocycles. The fourth-order valence-corrected chi connectivity index (χ4v) is 3.73. The Kier molecular flexibility index (Phi) is 2.77. The predicted octanol–water partition coefficient (Wildman–Crippen LogP) is 5.53. The Balaban J connectivity index is 1.83. The topological polar surface area (TPSA) is 26.0 Å². The summed E-state index contributed by atoms with van der Waals surface area (Å²) in [6.45, 7) is 0. The van der Waals surface area contributed by atoms with Gasteiger partial charge in [-0.25, -0.2) is 0 Å². The third-order valence-corrected chi connectivity index (χ3v) is 4.90. The molecular weight excluding hydrogens is 282 g/mol. The lowest BCUT2D eigenvalue weighted by molar-refractivity contribution is 0.659. The monoisotopic (exact) mass is 299 g/mol. The SMILES string of the molecule is c1ccc(-c2nccc3c2oc2cc4c(cc23)CCCC4)cc1. The smallest absolute Gasteiger partial charge is 0.161 e. The Morgan fingerprint density at radius 2 is 1.61 bits per heavy atom. The average Bonchev–Trinajstić information content (AvgIpc) is 2.98. The Hall–Kier alpha value is -2.61. The Labute approximate surface area is 134 Å². The van der Waals surface area contributed by atoms with Gasteiger partial charge in [0.1, 0.15) is 11.3 Å². The van der Waals surface area contributed by atoms with Crippen LogP contribution in [0, 0.1) is 0 Å². The summed E-state index contributed by atoms with van der Waals surface area (Å²) in [7, 11) is 0. The second-order valence-electron chi connectivity index (χ2n) is 6.33. The van der Waals surface area contributed by atoms with Gasteiger partial charge in [0.25, 0.3) is 0 Å². The van der Waals surface area contributed by atoms with Gasteiger partial charge < -0.3 is 4.42 Å². The van der Waals surface area contributed by atoms with Crippen LogP contribution in [-0.4, -0.2) is 4.98 Å². The molecule has 0 spiro atoms. The van der Waals surface area contributed by atoms with Crippen molar-refractivity contribution < 1.29 is 4.42 Å². The molecule has 1 aliphatic carbocycles. The fraction of sp³-hybridized carbons (Fsp3) is 0.190. The molecule has 0 amide bonds. The highest BCUT2D eigenvalue weighted by molar-refractivity contribution is 6.09. The van der Waals surface area contributed by atoms with E-state index in [0.717, 1.165) is 22.4 Å². The van der Waals surface area contributed by atoms with Crippen LogP contribution >= 0.6 is 0 Å². The van der Waals surface area contributed by atoms with Crippen LogP contribution in [0.15, 0.2) is 59.1 Å². The van der Waals surface area contributed by atoms with Crippen LogP contribution in [0.3, 0.4) is 0 Å². The summed E-state index contributed by atoms with van der Waals surface area (Å²) in [5.41, 5.74) is 6.86. The second kappa shape index (κ2) is 4.95. The van der Waals surface area contributed by atoms with Crippen molar-refractivity contribution in [2.45, 2.75) is 25.7 Å². The van der Waals surface area contributed by atoms with E-state index in [1.165, 1.54) is 47.6 Å². The minimum atomic E-state index is 0.899. The number of aryl methyl sites for hydroxylation is 2. The van der Waals surface area contributed by atoms with Crippen LogP contribution in [0.1, 0.15) is 24.0 Å². The fourth-order valence-electron chi connectivity index (χ4n) is 3.73.